The van der Waals surface area contributed by atoms with Crippen LogP contribution in [0, 0.1) is 0 Å². The molecule has 150 valence electrons. The van der Waals surface area contributed by atoms with Gasteiger partial charge in [-0.15, -0.1) is 0 Å². The van der Waals surface area contributed by atoms with Gasteiger partial charge in [0.2, 0.25) is 0 Å². The van der Waals surface area contributed by atoms with Gasteiger partial charge in [-0.1, -0.05) is 18.2 Å². The molecule has 29 heavy (non-hydrogen) atoms. The van der Waals surface area contributed by atoms with E-state index in [9.17, 15) is 0 Å². The van der Waals surface area contributed by atoms with Crippen molar-refractivity contribution in [3.63, 3.8) is 0 Å². The molecular formula is C23H26N4OS. The summed E-state index contributed by atoms with van der Waals surface area (Å²) in [5.74, 6) is 0.854. The number of methoxy groups -OCH3 is 1. The molecule has 2 aromatic heterocycles. The molecule has 0 unspecified atom stereocenters. The van der Waals surface area contributed by atoms with Crippen molar-refractivity contribution in [3.8, 4) is 5.75 Å². The molecule has 1 saturated heterocycles. The minimum absolute atomic E-state index is 0.00459. The number of aromatic nitrogens is 2. The van der Waals surface area contributed by atoms with Crippen LogP contribution in [-0.4, -0.2) is 26.7 Å². The SMILES string of the molecule is COc1ccc(CN2C(=S)N[C@H](c3ccccn3)[C@H]2c2ccn(C(C)C)c2)cc1. The van der Waals surface area contributed by atoms with Gasteiger partial charge >= 0.3 is 0 Å². The second kappa shape index (κ2) is 8.25. The number of thiocarbonyl (C=S) groups is 1. The van der Waals surface area contributed by atoms with Crippen LogP contribution in [-0.2, 0) is 6.54 Å². The van der Waals surface area contributed by atoms with E-state index in [4.69, 9.17) is 17.0 Å². The van der Waals surface area contributed by atoms with Crippen molar-refractivity contribution in [2.24, 2.45) is 0 Å². The Balaban J connectivity index is 1.69. The van der Waals surface area contributed by atoms with Crippen molar-refractivity contribution in [3.05, 3.63) is 83.9 Å². The van der Waals surface area contributed by atoms with Crippen LogP contribution < -0.4 is 10.1 Å². The molecule has 1 fully saturated rings. The molecule has 0 spiro atoms. The molecule has 5 nitrogen and oxygen atoms in total. The van der Waals surface area contributed by atoms with E-state index >= 15 is 0 Å². The summed E-state index contributed by atoms with van der Waals surface area (Å²) in [6.07, 6.45) is 6.20. The van der Waals surface area contributed by atoms with Crippen molar-refractivity contribution in [2.75, 3.05) is 7.11 Å². The number of nitrogens with zero attached hydrogens (tertiary/aromatic N) is 3. The Morgan fingerprint density at radius 3 is 2.55 bits per heavy atom. The summed E-state index contributed by atoms with van der Waals surface area (Å²) in [7, 11) is 1.68. The highest BCUT2D eigenvalue weighted by Crippen LogP contribution is 2.39. The molecule has 3 heterocycles. The second-order valence-electron chi connectivity index (χ2n) is 7.59. The van der Waals surface area contributed by atoms with Gasteiger partial charge in [0.1, 0.15) is 5.75 Å². The van der Waals surface area contributed by atoms with Crippen LogP contribution in [0.25, 0.3) is 0 Å². The molecule has 2 atom stereocenters. The van der Waals surface area contributed by atoms with E-state index in [-0.39, 0.29) is 12.1 Å². The number of hydrogen-bond donors (Lipinski definition) is 1. The molecule has 0 amide bonds. The molecule has 0 radical (unpaired) electrons. The van der Waals surface area contributed by atoms with E-state index in [1.54, 1.807) is 7.11 Å². The summed E-state index contributed by atoms with van der Waals surface area (Å²) in [6.45, 7) is 5.09. The summed E-state index contributed by atoms with van der Waals surface area (Å²) in [4.78, 5) is 6.87. The lowest BCUT2D eigenvalue weighted by atomic mass is 9.98. The van der Waals surface area contributed by atoms with Gasteiger partial charge in [-0.2, -0.15) is 0 Å². The molecule has 4 rings (SSSR count). The zero-order chi connectivity index (χ0) is 20.4. The van der Waals surface area contributed by atoms with E-state index < -0.39 is 0 Å². The average molecular weight is 407 g/mol. The highest BCUT2D eigenvalue weighted by Gasteiger charge is 2.40. The Labute approximate surface area is 177 Å². The van der Waals surface area contributed by atoms with E-state index in [0.717, 1.165) is 23.1 Å². The molecular weight excluding hydrogens is 380 g/mol. The fourth-order valence-electron chi connectivity index (χ4n) is 3.79. The van der Waals surface area contributed by atoms with E-state index in [2.05, 4.69) is 70.3 Å². The van der Waals surface area contributed by atoms with Crippen molar-refractivity contribution in [2.45, 2.75) is 38.5 Å². The van der Waals surface area contributed by atoms with Gasteiger partial charge in [-0.05, 0) is 67.5 Å². The molecule has 6 heteroatoms. The average Bonchev–Trinajstić information content (AvgIpc) is 3.35. The van der Waals surface area contributed by atoms with Gasteiger partial charge in [-0.3, -0.25) is 4.98 Å². The first-order valence-corrected chi connectivity index (χ1v) is 10.3. The maximum atomic E-state index is 5.76. The van der Waals surface area contributed by atoms with Gasteiger partial charge in [0, 0.05) is 31.2 Å². The number of hydrogen-bond acceptors (Lipinski definition) is 3. The number of ether oxygens (including phenoxy) is 1. The fraction of sp³-hybridized carbons (Fsp3) is 0.304. The lowest BCUT2D eigenvalue weighted by molar-refractivity contribution is 0.310. The van der Waals surface area contributed by atoms with Crippen LogP contribution in [0.4, 0.5) is 0 Å². The van der Waals surface area contributed by atoms with Gasteiger partial charge in [-0.25, -0.2) is 0 Å². The Morgan fingerprint density at radius 2 is 1.93 bits per heavy atom. The first kappa shape index (κ1) is 19.5. The highest BCUT2D eigenvalue weighted by atomic mass is 32.1. The fourth-order valence-corrected chi connectivity index (χ4v) is 4.10. The van der Waals surface area contributed by atoms with Crippen LogP contribution >= 0.6 is 12.2 Å². The summed E-state index contributed by atoms with van der Waals surface area (Å²) in [5, 5.41) is 4.26. The molecule has 1 aliphatic rings. The maximum absolute atomic E-state index is 5.76. The Bertz CT molecular complexity index is 968. The van der Waals surface area contributed by atoms with E-state index in [1.807, 2.05) is 30.5 Å². The lowest BCUT2D eigenvalue weighted by Gasteiger charge is -2.27. The zero-order valence-corrected chi connectivity index (χ0v) is 17.8. The smallest absolute Gasteiger partial charge is 0.170 e. The quantitative estimate of drug-likeness (QED) is 0.604. The number of pyridine rings is 1. The maximum Gasteiger partial charge on any atom is 0.170 e. The third-order valence-corrected chi connectivity index (χ3v) is 5.74. The summed E-state index contributed by atoms with van der Waals surface area (Å²) in [6, 6.07) is 16.9. The molecule has 1 N–H and O–H groups in total. The number of nitrogens with one attached hydrogen (secondary N) is 1. The summed E-state index contributed by atoms with van der Waals surface area (Å²) < 4.78 is 7.52. The van der Waals surface area contributed by atoms with Crippen LogP contribution in [0.5, 0.6) is 5.75 Å². The Kier molecular flexibility index (Phi) is 5.53. The van der Waals surface area contributed by atoms with Crippen LogP contribution in [0.2, 0.25) is 0 Å². The molecule has 0 saturated carbocycles. The molecule has 1 aromatic carbocycles. The normalized spacial score (nSPS) is 18.9. The monoisotopic (exact) mass is 406 g/mol. The minimum Gasteiger partial charge on any atom is -0.497 e. The predicted octanol–water partition coefficient (Wildman–Crippen LogP) is 4.65. The van der Waals surface area contributed by atoms with Crippen molar-refractivity contribution in [1.29, 1.82) is 0 Å². The highest BCUT2D eigenvalue weighted by molar-refractivity contribution is 7.80. The van der Waals surface area contributed by atoms with Gasteiger partial charge in [0.05, 0.1) is 24.9 Å². The third-order valence-electron chi connectivity index (χ3n) is 5.38. The lowest BCUT2D eigenvalue weighted by Crippen LogP contribution is -2.29. The van der Waals surface area contributed by atoms with E-state index in [1.165, 1.54) is 11.1 Å². The molecule has 1 aliphatic heterocycles. The first-order valence-electron chi connectivity index (χ1n) is 9.85. The first-order chi connectivity index (χ1) is 14.1. The topological polar surface area (TPSA) is 42.3 Å². The Morgan fingerprint density at radius 1 is 1.14 bits per heavy atom. The molecule has 3 aromatic rings. The molecule has 0 aliphatic carbocycles. The van der Waals surface area contributed by atoms with Crippen molar-refractivity contribution < 1.29 is 4.74 Å². The van der Waals surface area contributed by atoms with Gasteiger partial charge in [0.25, 0.3) is 0 Å². The predicted molar refractivity (Wildman–Crippen MR) is 119 cm³/mol. The minimum atomic E-state index is 0.00459. The van der Waals surface area contributed by atoms with Gasteiger partial charge < -0.3 is 19.5 Å². The zero-order valence-electron chi connectivity index (χ0n) is 16.9. The van der Waals surface area contributed by atoms with Crippen LogP contribution in [0.1, 0.15) is 48.8 Å². The third kappa shape index (κ3) is 3.98. The summed E-state index contributed by atoms with van der Waals surface area (Å²) in [5.41, 5.74) is 3.41. The largest absolute Gasteiger partial charge is 0.497 e. The second-order valence-corrected chi connectivity index (χ2v) is 7.98. The van der Waals surface area contributed by atoms with E-state index in [0.29, 0.717) is 6.04 Å². The molecule has 0 bridgehead atoms. The number of rotatable bonds is 6. The Hall–Kier alpha value is -2.86. The van der Waals surface area contributed by atoms with Gasteiger partial charge in [0.15, 0.2) is 5.11 Å². The van der Waals surface area contributed by atoms with Crippen LogP contribution in [0.15, 0.2) is 67.1 Å². The van der Waals surface area contributed by atoms with Crippen molar-refractivity contribution >= 4 is 17.3 Å². The van der Waals surface area contributed by atoms with Crippen LogP contribution in [0.3, 0.4) is 0 Å². The number of benzene rings is 1. The van der Waals surface area contributed by atoms with Crippen molar-refractivity contribution in [1.82, 2.24) is 19.8 Å². The standard InChI is InChI=1S/C23H26N4OS/c1-16(2)26-13-11-18(15-26)22-21(20-6-4-5-12-24-20)25-23(29)27(22)14-17-7-9-19(28-3)10-8-17/h4-13,15-16,21-22H,14H2,1-3H3,(H,25,29)/t21-,22-/m1/s1. The summed E-state index contributed by atoms with van der Waals surface area (Å²) >= 11 is 5.76.